The van der Waals surface area contributed by atoms with Gasteiger partial charge in [-0.2, -0.15) is 19.6 Å². The van der Waals surface area contributed by atoms with Crippen LogP contribution in [0, 0.1) is 0 Å². The number of aromatic nitrogens is 6. The minimum Gasteiger partial charge on any atom is -0.493 e. The average molecular weight is 475 g/mol. The molecule has 6 rings (SSSR count). The fourth-order valence-corrected chi connectivity index (χ4v) is 4.11. The maximum atomic E-state index is 11.5. The van der Waals surface area contributed by atoms with Crippen LogP contribution in [0.3, 0.4) is 0 Å². The predicted molar refractivity (Wildman–Crippen MR) is 131 cm³/mol. The molecule has 0 spiro atoms. The van der Waals surface area contributed by atoms with Gasteiger partial charge >= 0.3 is 5.69 Å². The van der Waals surface area contributed by atoms with Gasteiger partial charge in [-0.05, 0) is 44.2 Å². The van der Waals surface area contributed by atoms with Gasteiger partial charge in [0.25, 0.3) is 5.62 Å². The molecular formula is C23H26N10O2. The molecule has 4 N–H and O–H groups in total. The van der Waals surface area contributed by atoms with Gasteiger partial charge in [0.1, 0.15) is 5.69 Å². The molecule has 1 aliphatic carbocycles. The molecule has 2 fully saturated rings. The van der Waals surface area contributed by atoms with Crippen molar-refractivity contribution < 1.29 is 5.11 Å². The number of H-pyrrole nitrogens is 2. The van der Waals surface area contributed by atoms with Crippen LogP contribution >= 0.6 is 0 Å². The Kier molecular flexibility index (Phi) is 5.21. The van der Waals surface area contributed by atoms with Crippen LogP contribution in [-0.2, 0) is 0 Å². The zero-order chi connectivity index (χ0) is 23.9. The Labute approximate surface area is 199 Å². The van der Waals surface area contributed by atoms with Gasteiger partial charge in [0.2, 0.25) is 11.8 Å². The fraction of sp³-hybridized carbons (Fsp3) is 0.348. The molecular weight excluding hydrogens is 448 g/mol. The first kappa shape index (κ1) is 21.4. The van der Waals surface area contributed by atoms with Gasteiger partial charge in [-0.3, -0.25) is 4.98 Å². The second kappa shape index (κ2) is 8.55. The summed E-state index contributed by atoms with van der Waals surface area (Å²) in [4.78, 5) is 35.1. The summed E-state index contributed by atoms with van der Waals surface area (Å²) in [5.41, 5.74) is 2.75. The number of aromatic amines is 2. The number of hydrogen-bond acceptors (Lipinski definition) is 9. The maximum absolute atomic E-state index is 11.5. The zero-order valence-electron chi connectivity index (χ0n) is 19.3. The molecule has 1 saturated carbocycles. The van der Waals surface area contributed by atoms with Crippen molar-refractivity contribution in [3.8, 4) is 5.88 Å². The number of fused-ring (bicyclic) bond motifs is 1. The van der Waals surface area contributed by atoms with Gasteiger partial charge < -0.3 is 25.2 Å². The Hall–Kier alpha value is -4.19. The van der Waals surface area contributed by atoms with Crippen molar-refractivity contribution in [3.63, 3.8) is 0 Å². The predicted octanol–water partition coefficient (Wildman–Crippen LogP) is -0.0475. The normalized spacial score (nSPS) is 18.0. The number of likely N-dealkylation sites (N-methyl/N-ethyl adjacent to an activating group) is 1. The second-order valence-electron chi connectivity index (χ2n) is 8.99. The average Bonchev–Trinajstić information content (AvgIpc) is 3.48. The third kappa shape index (κ3) is 4.47. The highest BCUT2D eigenvalue weighted by molar-refractivity contribution is 5.63. The number of imidazole rings is 1. The van der Waals surface area contributed by atoms with Gasteiger partial charge in [-0.25, -0.2) is 9.79 Å². The van der Waals surface area contributed by atoms with E-state index in [0.29, 0.717) is 22.4 Å². The van der Waals surface area contributed by atoms with Gasteiger partial charge in [-0.15, -0.1) is 0 Å². The van der Waals surface area contributed by atoms with Crippen molar-refractivity contribution >= 4 is 29.0 Å². The molecule has 1 saturated heterocycles. The molecule has 3 aromatic heterocycles. The molecule has 2 aliphatic rings. The maximum Gasteiger partial charge on any atom is 0.326 e. The first-order valence-corrected chi connectivity index (χ1v) is 11.6. The Morgan fingerprint density at radius 2 is 2.00 bits per heavy atom. The number of benzene rings is 1. The van der Waals surface area contributed by atoms with Crippen LogP contribution in [0.2, 0.25) is 0 Å². The second-order valence-corrected chi connectivity index (χ2v) is 8.99. The minimum atomic E-state index is -0.494. The summed E-state index contributed by atoms with van der Waals surface area (Å²) in [6.07, 6.45) is 5.28. The Balaban J connectivity index is 1.39. The topological polar surface area (TPSA) is 143 Å². The summed E-state index contributed by atoms with van der Waals surface area (Å²) in [7, 11) is 2.14. The third-order valence-corrected chi connectivity index (χ3v) is 6.23. The molecule has 0 radical (unpaired) electrons. The van der Waals surface area contributed by atoms with Gasteiger partial charge in [0, 0.05) is 42.8 Å². The molecule has 180 valence electrons. The van der Waals surface area contributed by atoms with Crippen LogP contribution in [0.5, 0.6) is 5.88 Å². The lowest BCUT2D eigenvalue weighted by Gasteiger charge is -2.34. The molecule has 0 bridgehead atoms. The quantitative estimate of drug-likeness (QED) is 0.315. The SMILES string of the molecule is CN1CCN(c2cccc(Nc3nc(=NC4CC4)n4nc/c(=C/c5[nH]c(=O)[nH]c5O)c4n3)c2)CC1. The molecule has 0 atom stereocenters. The smallest absolute Gasteiger partial charge is 0.326 e. The molecule has 4 aromatic rings. The highest BCUT2D eigenvalue weighted by atomic mass is 16.3. The van der Waals surface area contributed by atoms with Crippen molar-refractivity contribution in [2.75, 3.05) is 43.4 Å². The third-order valence-electron chi connectivity index (χ3n) is 6.23. The summed E-state index contributed by atoms with van der Waals surface area (Å²) in [6, 6.07) is 8.46. The Morgan fingerprint density at radius 1 is 1.17 bits per heavy atom. The van der Waals surface area contributed by atoms with Crippen molar-refractivity contribution in [3.05, 3.63) is 57.5 Å². The summed E-state index contributed by atoms with van der Waals surface area (Å²) < 4.78 is 1.58. The number of rotatable bonds is 5. The van der Waals surface area contributed by atoms with E-state index in [4.69, 9.17) is 4.99 Å². The van der Waals surface area contributed by atoms with E-state index in [1.54, 1.807) is 16.8 Å². The lowest BCUT2D eigenvalue weighted by Crippen LogP contribution is -2.44. The van der Waals surface area contributed by atoms with Gasteiger partial charge in [0.05, 0.1) is 12.2 Å². The number of nitrogens with one attached hydrogen (secondary N) is 3. The standard InChI is InChI=1S/C23H26N10O2/c1-31-7-9-32(10-8-31)17-4-2-3-16(12-17)25-21-28-19-14(11-18-20(34)29-23(35)27-18)13-24-33(19)22(30-21)26-15-5-6-15/h2-4,11-13,15,34H,5-10H2,1H3,(H,25,26,30)(H2,27,29,35)/b14-11-. The van der Waals surface area contributed by atoms with Gasteiger partial charge in [0.15, 0.2) is 5.65 Å². The number of nitrogens with zero attached hydrogens (tertiary/aromatic N) is 7. The largest absolute Gasteiger partial charge is 0.493 e. The highest BCUT2D eigenvalue weighted by Crippen LogP contribution is 2.23. The summed E-state index contributed by atoms with van der Waals surface area (Å²) in [5.74, 6) is 0.153. The first-order chi connectivity index (χ1) is 17.0. The van der Waals surface area contributed by atoms with Crippen molar-refractivity contribution in [1.82, 2.24) is 34.4 Å². The molecule has 0 amide bonds. The van der Waals surface area contributed by atoms with E-state index >= 15 is 0 Å². The molecule has 1 aliphatic heterocycles. The van der Waals surface area contributed by atoms with Crippen molar-refractivity contribution in [2.24, 2.45) is 4.99 Å². The summed E-state index contributed by atoms with van der Waals surface area (Å²) in [6.45, 7) is 4.03. The van der Waals surface area contributed by atoms with Crippen LogP contribution in [0.15, 0.2) is 40.2 Å². The summed E-state index contributed by atoms with van der Waals surface area (Å²) >= 11 is 0. The highest BCUT2D eigenvalue weighted by Gasteiger charge is 2.21. The van der Waals surface area contributed by atoms with Crippen molar-refractivity contribution in [1.29, 1.82) is 0 Å². The van der Waals surface area contributed by atoms with Crippen LogP contribution < -0.4 is 26.7 Å². The molecule has 4 heterocycles. The van der Waals surface area contributed by atoms with Crippen LogP contribution in [0.1, 0.15) is 18.5 Å². The van der Waals surface area contributed by atoms with Crippen molar-refractivity contribution in [2.45, 2.75) is 18.9 Å². The van der Waals surface area contributed by atoms with Crippen LogP contribution in [0.25, 0.3) is 11.7 Å². The first-order valence-electron chi connectivity index (χ1n) is 11.6. The lowest BCUT2D eigenvalue weighted by atomic mass is 10.2. The van der Waals surface area contributed by atoms with Gasteiger partial charge in [-0.1, -0.05) is 6.07 Å². The molecule has 35 heavy (non-hydrogen) atoms. The van der Waals surface area contributed by atoms with E-state index in [-0.39, 0.29) is 17.6 Å². The molecule has 0 unspecified atom stereocenters. The van der Waals surface area contributed by atoms with E-state index < -0.39 is 5.69 Å². The monoisotopic (exact) mass is 474 g/mol. The van der Waals surface area contributed by atoms with E-state index in [9.17, 15) is 9.90 Å². The Morgan fingerprint density at radius 3 is 2.74 bits per heavy atom. The minimum absolute atomic E-state index is 0.239. The van der Waals surface area contributed by atoms with Crippen LogP contribution in [0.4, 0.5) is 17.3 Å². The van der Waals surface area contributed by atoms with E-state index in [1.807, 2.05) is 12.1 Å². The number of hydrogen-bond donors (Lipinski definition) is 4. The molecule has 12 heteroatoms. The van der Waals surface area contributed by atoms with E-state index in [0.717, 1.165) is 50.4 Å². The molecule has 12 nitrogen and oxygen atoms in total. The summed E-state index contributed by atoms with van der Waals surface area (Å²) in [5, 5.41) is 18.3. The molecule has 1 aromatic carbocycles. The van der Waals surface area contributed by atoms with E-state index in [1.165, 1.54) is 0 Å². The number of piperazine rings is 1. The number of anilines is 3. The lowest BCUT2D eigenvalue weighted by molar-refractivity contribution is 0.313. The van der Waals surface area contributed by atoms with Crippen LogP contribution in [-0.4, -0.2) is 78.8 Å². The zero-order valence-corrected chi connectivity index (χ0v) is 19.3. The Bertz CT molecular complexity index is 1560. The fourth-order valence-electron chi connectivity index (χ4n) is 4.11. The number of aromatic hydroxyl groups is 1. The van der Waals surface area contributed by atoms with E-state index in [2.05, 4.69) is 59.3 Å².